The van der Waals surface area contributed by atoms with Crippen LogP contribution in [0.25, 0.3) is 0 Å². The molecule has 0 unspecified atom stereocenters. The highest BCUT2D eigenvalue weighted by atomic mass is 16.3. The molecule has 0 spiro atoms. The van der Waals surface area contributed by atoms with E-state index in [9.17, 15) is 9.59 Å². The summed E-state index contributed by atoms with van der Waals surface area (Å²) in [5.41, 5.74) is 0.771. The molecule has 2 aliphatic rings. The first-order chi connectivity index (χ1) is 10.6. The van der Waals surface area contributed by atoms with Gasteiger partial charge in [0, 0.05) is 5.92 Å². The standard InChI is InChI=1S/C17H14N2O3/c1-10-8-14(10)15-7-6-11(22-15)9-18-19-16(20)12-4-2-3-5-13(12)17(19)21/h2-7,9-10,14H,8H2,1H3/b18-9-/t10-,14-/m0/s1. The maximum absolute atomic E-state index is 12.2. The molecule has 0 saturated heterocycles. The Labute approximate surface area is 127 Å². The molecule has 110 valence electrons. The van der Waals surface area contributed by atoms with E-state index in [0.717, 1.165) is 17.2 Å². The first-order valence-electron chi connectivity index (χ1n) is 7.26. The Morgan fingerprint density at radius 3 is 2.36 bits per heavy atom. The van der Waals surface area contributed by atoms with Gasteiger partial charge in [-0.15, -0.1) is 0 Å². The lowest BCUT2D eigenvalue weighted by Gasteiger charge is -2.04. The summed E-state index contributed by atoms with van der Waals surface area (Å²) in [5, 5.41) is 4.88. The summed E-state index contributed by atoms with van der Waals surface area (Å²) in [6.07, 6.45) is 2.56. The Morgan fingerprint density at radius 2 is 1.77 bits per heavy atom. The fraction of sp³-hybridized carbons (Fsp3) is 0.235. The molecule has 1 aromatic heterocycles. The number of carbonyl (C=O) groups excluding carboxylic acids is 2. The van der Waals surface area contributed by atoms with Crippen LogP contribution in [0.3, 0.4) is 0 Å². The number of hydrogen-bond donors (Lipinski definition) is 0. The lowest BCUT2D eigenvalue weighted by atomic mass is 10.1. The number of nitrogens with zero attached hydrogens (tertiary/aromatic N) is 2. The molecule has 2 aromatic rings. The number of rotatable bonds is 3. The number of imide groups is 1. The van der Waals surface area contributed by atoms with Gasteiger partial charge in [-0.1, -0.05) is 19.1 Å². The molecule has 1 saturated carbocycles. The van der Waals surface area contributed by atoms with Crippen LogP contribution >= 0.6 is 0 Å². The molecular weight excluding hydrogens is 280 g/mol. The summed E-state index contributed by atoms with van der Waals surface area (Å²) in [6, 6.07) is 10.5. The first kappa shape index (κ1) is 13.0. The highest BCUT2D eigenvalue weighted by Gasteiger charge is 2.37. The summed E-state index contributed by atoms with van der Waals surface area (Å²) in [4.78, 5) is 24.3. The van der Waals surface area contributed by atoms with Crippen LogP contribution < -0.4 is 0 Å². The van der Waals surface area contributed by atoms with Crippen LogP contribution in [0.15, 0.2) is 45.9 Å². The lowest BCUT2D eigenvalue weighted by Crippen LogP contribution is -2.23. The molecule has 1 aromatic carbocycles. The van der Waals surface area contributed by atoms with Crippen LogP contribution in [0, 0.1) is 5.92 Å². The summed E-state index contributed by atoms with van der Waals surface area (Å²) in [5.74, 6) is 1.83. The Morgan fingerprint density at radius 1 is 1.14 bits per heavy atom. The number of hydrazone groups is 1. The van der Waals surface area contributed by atoms with Crippen molar-refractivity contribution in [3.8, 4) is 0 Å². The van der Waals surface area contributed by atoms with Crippen LogP contribution in [0.5, 0.6) is 0 Å². The molecule has 1 aliphatic carbocycles. The van der Waals surface area contributed by atoms with Crippen LogP contribution in [-0.2, 0) is 0 Å². The third-order valence-electron chi connectivity index (χ3n) is 4.20. The fourth-order valence-electron chi connectivity index (χ4n) is 2.75. The summed E-state index contributed by atoms with van der Waals surface area (Å²) in [7, 11) is 0. The van der Waals surface area contributed by atoms with Gasteiger partial charge in [0.1, 0.15) is 11.5 Å². The van der Waals surface area contributed by atoms with E-state index in [4.69, 9.17) is 4.42 Å². The molecule has 0 radical (unpaired) electrons. The Kier molecular flexibility index (Phi) is 2.76. The smallest absolute Gasteiger partial charge is 0.282 e. The maximum atomic E-state index is 12.2. The zero-order chi connectivity index (χ0) is 15.3. The minimum absolute atomic E-state index is 0.386. The minimum atomic E-state index is -0.403. The first-order valence-corrected chi connectivity index (χ1v) is 7.26. The van der Waals surface area contributed by atoms with Gasteiger partial charge in [0.2, 0.25) is 0 Å². The minimum Gasteiger partial charge on any atom is -0.460 e. The third-order valence-corrected chi connectivity index (χ3v) is 4.20. The topological polar surface area (TPSA) is 62.9 Å². The number of hydrogen-bond acceptors (Lipinski definition) is 4. The van der Waals surface area contributed by atoms with Crippen molar-refractivity contribution in [2.75, 3.05) is 0 Å². The van der Waals surface area contributed by atoms with Crippen molar-refractivity contribution in [1.82, 2.24) is 5.01 Å². The van der Waals surface area contributed by atoms with Crippen LogP contribution in [0.1, 0.15) is 51.5 Å². The molecule has 2 heterocycles. The zero-order valence-corrected chi connectivity index (χ0v) is 12.0. The quantitative estimate of drug-likeness (QED) is 0.645. The van der Waals surface area contributed by atoms with Crippen molar-refractivity contribution in [3.63, 3.8) is 0 Å². The highest BCUT2D eigenvalue weighted by Crippen LogP contribution is 2.47. The van der Waals surface area contributed by atoms with Gasteiger partial charge in [-0.2, -0.15) is 10.1 Å². The van der Waals surface area contributed by atoms with Gasteiger partial charge in [0.15, 0.2) is 0 Å². The average molecular weight is 294 g/mol. The predicted molar refractivity (Wildman–Crippen MR) is 79.8 cm³/mol. The van der Waals surface area contributed by atoms with Crippen molar-refractivity contribution in [1.29, 1.82) is 0 Å². The average Bonchev–Trinajstić information content (AvgIpc) is 2.98. The highest BCUT2D eigenvalue weighted by molar-refractivity contribution is 6.21. The Balaban J connectivity index is 1.55. The molecule has 2 amide bonds. The van der Waals surface area contributed by atoms with Crippen molar-refractivity contribution >= 4 is 18.0 Å². The normalized spacial score (nSPS) is 23.4. The van der Waals surface area contributed by atoms with E-state index in [0.29, 0.717) is 28.7 Å². The molecular formula is C17H14N2O3. The molecule has 0 N–H and O–H groups in total. The molecule has 22 heavy (non-hydrogen) atoms. The molecule has 5 nitrogen and oxygen atoms in total. The second kappa shape index (κ2) is 4.66. The SMILES string of the molecule is C[C@H]1C[C@@H]1c1ccc(/C=N\N2C(=O)c3ccccc3C2=O)o1. The van der Waals surface area contributed by atoms with E-state index < -0.39 is 11.8 Å². The third kappa shape index (κ3) is 1.97. The number of furan rings is 1. The van der Waals surface area contributed by atoms with Crippen molar-refractivity contribution in [3.05, 3.63) is 59.0 Å². The molecule has 5 heteroatoms. The van der Waals surface area contributed by atoms with E-state index in [-0.39, 0.29) is 0 Å². The lowest BCUT2D eigenvalue weighted by molar-refractivity contribution is 0.0660. The maximum Gasteiger partial charge on any atom is 0.282 e. The molecule has 0 bridgehead atoms. The van der Waals surface area contributed by atoms with Crippen LogP contribution in [0.2, 0.25) is 0 Å². The number of benzene rings is 1. The molecule has 1 aliphatic heterocycles. The van der Waals surface area contributed by atoms with Gasteiger partial charge in [0.05, 0.1) is 17.3 Å². The van der Waals surface area contributed by atoms with Gasteiger partial charge in [0.25, 0.3) is 11.8 Å². The van der Waals surface area contributed by atoms with E-state index >= 15 is 0 Å². The second-order valence-corrected chi connectivity index (χ2v) is 5.77. The predicted octanol–water partition coefficient (Wildman–Crippen LogP) is 3.03. The Hall–Kier alpha value is -2.69. The fourth-order valence-corrected chi connectivity index (χ4v) is 2.75. The summed E-state index contributed by atoms with van der Waals surface area (Å²) < 4.78 is 5.69. The zero-order valence-electron chi connectivity index (χ0n) is 12.0. The van der Waals surface area contributed by atoms with Gasteiger partial charge in [-0.25, -0.2) is 0 Å². The summed E-state index contributed by atoms with van der Waals surface area (Å²) in [6.45, 7) is 2.18. The molecule has 1 fully saturated rings. The van der Waals surface area contributed by atoms with E-state index in [1.165, 1.54) is 6.21 Å². The van der Waals surface area contributed by atoms with Crippen LogP contribution in [-0.4, -0.2) is 23.0 Å². The van der Waals surface area contributed by atoms with Gasteiger partial charge in [-0.3, -0.25) is 9.59 Å². The molecule has 4 rings (SSSR count). The van der Waals surface area contributed by atoms with Gasteiger partial charge in [-0.05, 0) is 36.6 Å². The number of carbonyl (C=O) groups is 2. The second-order valence-electron chi connectivity index (χ2n) is 5.77. The van der Waals surface area contributed by atoms with Crippen molar-refractivity contribution in [2.45, 2.75) is 19.3 Å². The monoisotopic (exact) mass is 294 g/mol. The van der Waals surface area contributed by atoms with Gasteiger partial charge >= 0.3 is 0 Å². The Bertz CT molecular complexity index is 771. The van der Waals surface area contributed by atoms with Crippen molar-refractivity contribution in [2.24, 2.45) is 11.0 Å². The van der Waals surface area contributed by atoms with Crippen LogP contribution in [0.4, 0.5) is 0 Å². The largest absolute Gasteiger partial charge is 0.460 e. The van der Waals surface area contributed by atoms with E-state index in [1.807, 2.05) is 12.1 Å². The number of fused-ring (bicyclic) bond motifs is 1. The van der Waals surface area contributed by atoms with E-state index in [2.05, 4.69) is 12.0 Å². The number of amides is 2. The summed E-state index contributed by atoms with van der Waals surface area (Å²) >= 11 is 0. The van der Waals surface area contributed by atoms with Gasteiger partial charge < -0.3 is 4.42 Å². The van der Waals surface area contributed by atoms with Crippen molar-refractivity contribution < 1.29 is 14.0 Å². The van der Waals surface area contributed by atoms with E-state index in [1.54, 1.807) is 24.3 Å². The molecule has 2 atom stereocenters.